The van der Waals surface area contributed by atoms with Gasteiger partial charge in [0.2, 0.25) is 0 Å². The lowest BCUT2D eigenvalue weighted by Gasteiger charge is -2.26. The molecule has 0 bridgehead atoms. The van der Waals surface area contributed by atoms with Crippen LogP contribution in [0.2, 0.25) is 5.02 Å². The minimum absolute atomic E-state index is 0.294. The van der Waals surface area contributed by atoms with Crippen molar-refractivity contribution in [3.63, 3.8) is 0 Å². The smallest absolute Gasteiger partial charge is 0.410 e. The maximum atomic E-state index is 11.9. The zero-order valence-corrected chi connectivity index (χ0v) is 11.4. The summed E-state index contributed by atoms with van der Waals surface area (Å²) >= 11 is 6.08. The van der Waals surface area contributed by atoms with Crippen LogP contribution in [0.3, 0.4) is 0 Å². The fourth-order valence-electron chi connectivity index (χ4n) is 1.98. The Kier molecular flexibility index (Phi) is 4.09. The van der Waals surface area contributed by atoms with Crippen LogP contribution in [0.4, 0.5) is 4.79 Å². The maximum absolute atomic E-state index is 11.9. The quantitative estimate of drug-likeness (QED) is 0.850. The Hall–Kier alpha value is -1.26. The van der Waals surface area contributed by atoms with E-state index in [1.165, 1.54) is 0 Å². The number of aryl methyl sites for hydroxylation is 2. The van der Waals surface area contributed by atoms with Crippen molar-refractivity contribution in [2.24, 2.45) is 0 Å². The Morgan fingerprint density at radius 2 is 1.83 bits per heavy atom. The molecule has 1 aromatic rings. The number of ether oxygens (including phenoxy) is 1. The number of nitrogens with zero attached hydrogens (tertiary/aromatic N) is 1. The van der Waals surface area contributed by atoms with E-state index >= 15 is 0 Å². The molecule has 5 heteroatoms. The summed E-state index contributed by atoms with van der Waals surface area (Å²) in [4.78, 5) is 13.6. The topological polar surface area (TPSA) is 41.6 Å². The van der Waals surface area contributed by atoms with E-state index < -0.39 is 0 Å². The van der Waals surface area contributed by atoms with Gasteiger partial charge in [-0.15, -0.1) is 0 Å². The van der Waals surface area contributed by atoms with Crippen molar-refractivity contribution in [1.29, 1.82) is 0 Å². The average Bonchev–Trinajstić information content (AvgIpc) is 2.37. The van der Waals surface area contributed by atoms with Gasteiger partial charge in [-0.3, -0.25) is 0 Å². The molecule has 1 amide bonds. The van der Waals surface area contributed by atoms with Crippen molar-refractivity contribution in [2.45, 2.75) is 13.8 Å². The number of hydrogen-bond donors (Lipinski definition) is 1. The molecule has 98 valence electrons. The van der Waals surface area contributed by atoms with E-state index in [1.54, 1.807) is 17.0 Å². The molecule has 0 aromatic heterocycles. The molecular weight excluding hydrogens is 252 g/mol. The van der Waals surface area contributed by atoms with E-state index in [2.05, 4.69) is 5.32 Å². The molecular formula is C13H17ClN2O2. The van der Waals surface area contributed by atoms with Crippen molar-refractivity contribution in [1.82, 2.24) is 10.2 Å². The van der Waals surface area contributed by atoms with Crippen LogP contribution >= 0.6 is 11.6 Å². The summed E-state index contributed by atoms with van der Waals surface area (Å²) in [6, 6.07) is 3.57. The Bertz CT molecular complexity index is 433. The molecule has 18 heavy (non-hydrogen) atoms. The van der Waals surface area contributed by atoms with Crippen LogP contribution in [0.1, 0.15) is 11.1 Å². The van der Waals surface area contributed by atoms with Gasteiger partial charge in [0, 0.05) is 31.2 Å². The number of carbonyl (C=O) groups is 1. The number of benzene rings is 1. The first kappa shape index (κ1) is 13.2. The summed E-state index contributed by atoms with van der Waals surface area (Å²) in [5.41, 5.74) is 1.83. The highest BCUT2D eigenvalue weighted by molar-refractivity contribution is 6.32. The molecule has 1 aliphatic heterocycles. The Morgan fingerprint density at radius 1 is 1.28 bits per heavy atom. The molecule has 1 fully saturated rings. The molecule has 1 heterocycles. The van der Waals surface area contributed by atoms with Gasteiger partial charge in [-0.2, -0.15) is 0 Å². The van der Waals surface area contributed by atoms with Crippen LogP contribution in [-0.4, -0.2) is 37.2 Å². The minimum Gasteiger partial charge on any atom is -0.410 e. The van der Waals surface area contributed by atoms with Crippen molar-refractivity contribution in [3.8, 4) is 5.75 Å². The van der Waals surface area contributed by atoms with Crippen LogP contribution in [0.5, 0.6) is 5.75 Å². The number of hydrogen-bond acceptors (Lipinski definition) is 3. The molecule has 1 N–H and O–H groups in total. The van der Waals surface area contributed by atoms with Crippen LogP contribution in [0.25, 0.3) is 0 Å². The number of amides is 1. The summed E-state index contributed by atoms with van der Waals surface area (Å²) in [6.07, 6.45) is -0.294. The first-order valence-corrected chi connectivity index (χ1v) is 6.40. The van der Waals surface area contributed by atoms with Gasteiger partial charge < -0.3 is 15.0 Å². The van der Waals surface area contributed by atoms with Gasteiger partial charge in [0.15, 0.2) is 0 Å². The van der Waals surface area contributed by atoms with Gasteiger partial charge in [0.05, 0.1) is 0 Å². The van der Waals surface area contributed by atoms with Gasteiger partial charge in [0.1, 0.15) is 5.75 Å². The lowest BCUT2D eigenvalue weighted by atomic mass is 10.1. The van der Waals surface area contributed by atoms with E-state index in [0.29, 0.717) is 18.8 Å². The summed E-state index contributed by atoms with van der Waals surface area (Å²) in [5, 5.41) is 3.91. The molecule has 0 spiro atoms. The van der Waals surface area contributed by atoms with Crippen molar-refractivity contribution in [3.05, 3.63) is 28.3 Å². The molecule has 0 aliphatic carbocycles. The molecule has 1 aromatic carbocycles. The molecule has 4 nitrogen and oxygen atoms in total. The Labute approximate surface area is 112 Å². The third kappa shape index (κ3) is 2.94. The minimum atomic E-state index is -0.294. The van der Waals surface area contributed by atoms with Gasteiger partial charge in [-0.1, -0.05) is 11.6 Å². The van der Waals surface area contributed by atoms with Crippen LogP contribution in [0, 0.1) is 13.8 Å². The SMILES string of the molecule is Cc1cc(OC(=O)N2CCNCC2)cc(C)c1Cl. The van der Waals surface area contributed by atoms with Crippen molar-refractivity contribution in [2.75, 3.05) is 26.2 Å². The second kappa shape index (κ2) is 5.59. The highest BCUT2D eigenvalue weighted by Crippen LogP contribution is 2.26. The number of halogens is 1. The predicted octanol–water partition coefficient (Wildman–Crippen LogP) is 2.36. The third-order valence-corrected chi connectivity index (χ3v) is 3.59. The van der Waals surface area contributed by atoms with E-state index in [-0.39, 0.29) is 6.09 Å². The molecule has 1 aliphatic rings. The predicted molar refractivity (Wildman–Crippen MR) is 71.4 cm³/mol. The molecule has 0 atom stereocenters. The Balaban J connectivity index is 2.06. The standard InChI is InChI=1S/C13H17ClN2O2/c1-9-7-11(8-10(2)12(9)14)18-13(17)16-5-3-15-4-6-16/h7-8,15H,3-6H2,1-2H3. The number of piperazine rings is 1. The molecule has 0 unspecified atom stereocenters. The van der Waals surface area contributed by atoms with E-state index in [0.717, 1.165) is 29.2 Å². The van der Waals surface area contributed by atoms with Crippen LogP contribution < -0.4 is 10.1 Å². The highest BCUT2D eigenvalue weighted by Gasteiger charge is 2.18. The second-order valence-corrected chi connectivity index (χ2v) is 4.85. The van der Waals surface area contributed by atoms with Gasteiger partial charge >= 0.3 is 6.09 Å². The number of nitrogens with one attached hydrogen (secondary N) is 1. The van der Waals surface area contributed by atoms with Crippen molar-refractivity contribution >= 4 is 17.7 Å². The summed E-state index contributed by atoms with van der Waals surface area (Å²) in [6.45, 7) is 6.80. The first-order valence-electron chi connectivity index (χ1n) is 6.02. The summed E-state index contributed by atoms with van der Waals surface area (Å²) in [5.74, 6) is 0.554. The van der Waals surface area contributed by atoms with Crippen LogP contribution in [0.15, 0.2) is 12.1 Å². The molecule has 1 saturated heterocycles. The van der Waals surface area contributed by atoms with Crippen LogP contribution in [-0.2, 0) is 0 Å². The monoisotopic (exact) mass is 268 g/mol. The fraction of sp³-hybridized carbons (Fsp3) is 0.462. The van der Waals surface area contributed by atoms with Gasteiger partial charge in [-0.25, -0.2) is 4.79 Å². The first-order chi connectivity index (χ1) is 8.58. The molecule has 0 saturated carbocycles. The molecule has 2 rings (SSSR count). The zero-order chi connectivity index (χ0) is 13.1. The van der Waals surface area contributed by atoms with Gasteiger partial charge in [0.25, 0.3) is 0 Å². The normalized spacial score (nSPS) is 15.6. The van der Waals surface area contributed by atoms with Crippen molar-refractivity contribution < 1.29 is 9.53 Å². The average molecular weight is 269 g/mol. The Morgan fingerprint density at radius 3 is 2.39 bits per heavy atom. The fourth-order valence-corrected chi connectivity index (χ4v) is 2.09. The van der Waals surface area contributed by atoms with E-state index in [9.17, 15) is 4.79 Å². The summed E-state index contributed by atoms with van der Waals surface area (Å²) < 4.78 is 5.37. The molecule has 0 radical (unpaired) electrons. The second-order valence-electron chi connectivity index (χ2n) is 4.48. The maximum Gasteiger partial charge on any atom is 0.415 e. The zero-order valence-electron chi connectivity index (χ0n) is 10.6. The lowest BCUT2D eigenvalue weighted by Crippen LogP contribution is -2.47. The number of rotatable bonds is 1. The third-order valence-electron chi connectivity index (χ3n) is 2.99. The largest absolute Gasteiger partial charge is 0.415 e. The number of carbonyl (C=O) groups excluding carboxylic acids is 1. The van der Waals surface area contributed by atoms with E-state index in [1.807, 2.05) is 13.8 Å². The summed E-state index contributed by atoms with van der Waals surface area (Å²) in [7, 11) is 0. The van der Waals surface area contributed by atoms with E-state index in [4.69, 9.17) is 16.3 Å². The highest BCUT2D eigenvalue weighted by atomic mass is 35.5. The van der Waals surface area contributed by atoms with Gasteiger partial charge in [-0.05, 0) is 37.1 Å². The lowest BCUT2D eigenvalue weighted by molar-refractivity contribution is 0.146.